The van der Waals surface area contributed by atoms with Crippen molar-refractivity contribution < 1.29 is 93.5 Å². The molecule has 25 heteroatoms. The Hall–Kier alpha value is -5.52. The number of benzene rings is 3. The molecule has 0 unspecified atom stereocenters. The third-order valence-corrected chi connectivity index (χ3v) is 12.0. The minimum absolute atomic E-state index is 0.0164. The van der Waals surface area contributed by atoms with E-state index < -0.39 is 41.4 Å². The fourth-order valence-corrected chi connectivity index (χ4v) is 7.67. The van der Waals surface area contributed by atoms with E-state index in [1.54, 1.807) is 18.2 Å². The van der Waals surface area contributed by atoms with Crippen molar-refractivity contribution in [3.63, 3.8) is 0 Å². The summed E-state index contributed by atoms with van der Waals surface area (Å²) in [7, 11) is 2.01. The quantitative estimate of drug-likeness (QED) is 0.0201. The lowest BCUT2D eigenvalue weighted by molar-refractivity contribution is -0.136. The first-order chi connectivity index (χ1) is 40.9. The standard InChI is InChI=1S/C59H85F4N5O16/c1-4-12-68(13-5-2)59(71)48-40-46-9-10-47(41-52(46)66-53(64)42-48)58(70)65-49-8-6-7-45(39-49)44-83-38-37-74-18-15-67(3)14-17-73-20-22-76-24-26-78-28-30-80-32-34-82-36-35-81-33-31-79-29-27-77-25-23-75-21-19-72-16-11-54(69)84-57-55(62)50(60)43-51(61)56(57)63/h6-10,39-41,43H,4-5,11-38,42,44H2,1-3H3,(H2,64,66)(H,65,70). The molecule has 3 N–H and O–H groups in total. The van der Waals surface area contributed by atoms with E-state index >= 15 is 0 Å². The highest BCUT2D eigenvalue weighted by molar-refractivity contribution is 6.08. The van der Waals surface area contributed by atoms with E-state index in [0.717, 1.165) is 37.1 Å². The molecule has 0 aliphatic carbocycles. The fraction of sp³-hybridized carbons (Fsp3) is 0.593. The van der Waals surface area contributed by atoms with Crippen molar-refractivity contribution in [2.45, 2.75) is 46.1 Å². The lowest BCUT2D eigenvalue weighted by Gasteiger charge is -2.22. The maximum Gasteiger partial charge on any atom is 0.313 e. The zero-order valence-corrected chi connectivity index (χ0v) is 48.8. The number of likely N-dealkylation sites (N-methyl/N-ethyl adjacent to an activating group) is 1. The first kappa shape index (κ1) is 71.0. The van der Waals surface area contributed by atoms with Crippen molar-refractivity contribution in [2.24, 2.45) is 10.7 Å². The van der Waals surface area contributed by atoms with Gasteiger partial charge in [0.1, 0.15) is 5.84 Å². The Bertz CT molecular complexity index is 2390. The maximum atomic E-state index is 13.6. The minimum Gasteiger partial charge on any atom is -0.420 e. The van der Waals surface area contributed by atoms with Gasteiger partial charge in [-0.15, -0.1) is 0 Å². The predicted octanol–water partition coefficient (Wildman–Crippen LogP) is 6.55. The molecule has 1 aliphatic heterocycles. The molecule has 4 rings (SSSR count). The monoisotopic (exact) mass is 1200 g/mol. The van der Waals surface area contributed by atoms with Crippen LogP contribution >= 0.6 is 0 Å². The predicted molar refractivity (Wildman–Crippen MR) is 305 cm³/mol. The van der Waals surface area contributed by atoms with Crippen LogP contribution in [0.1, 0.15) is 61.0 Å². The van der Waals surface area contributed by atoms with Gasteiger partial charge in [0.2, 0.25) is 23.3 Å². The number of carbonyl (C=O) groups is 3. The van der Waals surface area contributed by atoms with Gasteiger partial charge in [-0.25, -0.2) is 13.8 Å². The van der Waals surface area contributed by atoms with Crippen LogP contribution in [0.2, 0.25) is 0 Å². The molecule has 0 atom stereocenters. The number of rotatable bonds is 49. The van der Waals surface area contributed by atoms with Gasteiger partial charge in [-0.1, -0.05) is 32.0 Å². The van der Waals surface area contributed by atoms with Gasteiger partial charge >= 0.3 is 5.97 Å². The summed E-state index contributed by atoms with van der Waals surface area (Å²) in [6, 6.07) is 12.7. The lowest BCUT2D eigenvalue weighted by atomic mass is 10.0. The van der Waals surface area contributed by atoms with E-state index in [1.807, 2.05) is 56.1 Å². The summed E-state index contributed by atoms with van der Waals surface area (Å²) in [5, 5.41) is 2.96. The number of nitrogens with zero attached hydrogens (tertiary/aromatic N) is 3. The number of anilines is 1. The number of hydrogen-bond donors (Lipinski definition) is 2. The van der Waals surface area contributed by atoms with Gasteiger partial charge in [0.15, 0.2) is 11.6 Å². The number of nitrogens with one attached hydrogen (secondary N) is 1. The van der Waals surface area contributed by atoms with Crippen LogP contribution in [0.4, 0.5) is 28.9 Å². The summed E-state index contributed by atoms with van der Waals surface area (Å²) in [6.07, 6.45) is 3.40. The van der Waals surface area contributed by atoms with Crippen molar-refractivity contribution in [1.82, 2.24) is 9.80 Å². The molecule has 0 spiro atoms. The Morgan fingerprint density at radius 3 is 1.49 bits per heavy atom. The smallest absolute Gasteiger partial charge is 0.313 e. The Labute approximate surface area is 490 Å². The van der Waals surface area contributed by atoms with Crippen molar-refractivity contribution in [3.8, 4) is 5.75 Å². The molecule has 0 radical (unpaired) electrons. The minimum atomic E-state index is -1.80. The van der Waals surface area contributed by atoms with Crippen LogP contribution in [0.15, 0.2) is 59.1 Å². The van der Waals surface area contributed by atoms with Crippen molar-refractivity contribution >= 4 is 41.1 Å². The number of esters is 1. The lowest BCUT2D eigenvalue weighted by Crippen LogP contribution is -2.34. The Morgan fingerprint density at radius 1 is 0.560 bits per heavy atom. The first-order valence-electron chi connectivity index (χ1n) is 28.4. The van der Waals surface area contributed by atoms with E-state index in [2.05, 4.69) is 19.9 Å². The molecule has 0 bridgehead atoms. The number of amidine groups is 1. The molecule has 3 aromatic carbocycles. The Morgan fingerprint density at radius 2 is 1.01 bits per heavy atom. The SMILES string of the molecule is CCCN(CCC)C(=O)C1=Cc2ccc(C(=O)Nc3cccc(COCCOCCN(C)CCOCCOCCOCCOCCOCCOCCOCCOCCOCCOCCC(=O)Oc4c(F)c(F)cc(F)c4F)c3)cc2N=C(N)C1. The van der Waals surface area contributed by atoms with Crippen LogP contribution < -0.4 is 15.8 Å². The van der Waals surface area contributed by atoms with E-state index in [0.29, 0.717) is 180 Å². The van der Waals surface area contributed by atoms with Gasteiger partial charge in [-0.2, -0.15) is 8.78 Å². The molecule has 0 saturated heterocycles. The van der Waals surface area contributed by atoms with Crippen LogP contribution in [0.25, 0.3) is 6.08 Å². The van der Waals surface area contributed by atoms with Crippen LogP contribution in [-0.2, 0) is 73.0 Å². The van der Waals surface area contributed by atoms with Crippen LogP contribution in [-0.4, -0.2) is 219 Å². The summed E-state index contributed by atoms with van der Waals surface area (Å²) >= 11 is 0. The van der Waals surface area contributed by atoms with Crippen LogP contribution in [0, 0.1) is 23.3 Å². The van der Waals surface area contributed by atoms with E-state index in [9.17, 15) is 31.9 Å². The summed E-state index contributed by atoms with van der Waals surface area (Å²) in [4.78, 5) is 46.9. The highest BCUT2D eigenvalue weighted by Crippen LogP contribution is 2.30. The molecule has 1 aliphatic rings. The van der Waals surface area contributed by atoms with Gasteiger partial charge in [0.05, 0.1) is 171 Å². The third-order valence-electron chi connectivity index (χ3n) is 12.0. The molecule has 470 valence electrons. The molecule has 1 heterocycles. The number of nitrogens with two attached hydrogens (primary N) is 1. The van der Waals surface area contributed by atoms with Gasteiger partial charge in [0.25, 0.3) is 5.91 Å². The molecular weight excluding hydrogens is 1110 g/mol. The normalized spacial score (nSPS) is 12.3. The summed E-state index contributed by atoms with van der Waals surface area (Å²) in [5.74, 6) is -9.53. The van der Waals surface area contributed by atoms with Crippen molar-refractivity contribution in [2.75, 3.05) is 191 Å². The highest BCUT2D eigenvalue weighted by Gasteiger charge is 2.24. The zero-order valence-electron chi connectivity index (χ0n) is 48.8. The largest absolute Gasteiger partial charge is 0.420 e. The molecule has 0 aromatic heterocycles. The van der Waals surface area contributed by atoms with E-state index in [-0.39, 0.29) is 44.1 Å². The number of carbonyl (C=O) groups excluding carboxylic acids is 3. The van der Waals surface area contributed by atoms with Gasteiger partial charge in [0, 0.05) is 61.1 Å². The fourth-order valence-electron chi connectivity index (χ4n) is 7.67. The van der Waals surface area contributed by atoms with Crippen molar-refractivity contribution in [3.05, 3.63) is 94.1 Å². The molecule has 0 saturated carbocycles. The third kappa shape index (κ3) is 30.0. The summed E-state index contributed by atoms with van der Waals surface area (Å²) in [5.41, 5.74) is 10.1. The first-order valence-corrected chi connectivity index (χ1v) is 28.4. The van der Waals surface area contributed by atoms with Crippen LogP contribution in [0.5, 0.6) is 5.75 Å². The van der Waals surface area contributed by atoms with Gasteiger partial charge < -0.3 is 82.4 Å². The van der Waals surface area contributed by atoms with Gasteiger partial charge in [-0.3, -0.25) is 14.4 Å². The number of hydrogen-bond acceptors (Lipinski definition) is 19. The number of aliphatic imine (C=N–C) groups is 1. The summed E-state index contributed by atoms with van der Waals surface area (Å²) < 4.78 is 124. The Kier molecular flexibility index (Phi) is 37.2. The van der Waals surface area contributed by atoms with E-state index in [1.165, 1.54) is 0 Å². The average Bonchev–Trinajstić information content (AvgIpc) is 3.74. The average molecular weight is 1200 g/mol. The molecule has 84 heavy (non-hydrogen) atoms. The second-order valence-corrected chi connectivity index (χ2v) is 18.8. The summed E-state index contributed by atoms with van der Waals surface area (Å²) in [6.45, 7) is 16.1. The number of halogens is 4. The van der Waals surface area contributed by atoms with Crippen LogP contribution in [0.3, 0.4) is 0 Å². The molecule has 2 amide bonds. The zero-order chi connectivity index (χ0) is 60.4. The molecule has 21 nitrogen and oxygen atoms in total. The topological polar surface area (TPSA) is 228 Å². The second kappa shape index (κ2) is 44.0. The number of ether oxygens (including phenoxy) is 13. The molecule has 0 fully saturated rings. The number of amides is 2. The molecule has 3 aromatic rings. The van der Waals surface area contributed by atoms with Gasteiger partial charge in [-0.05, 0) is 55.8 Å². The van der Waals surface area contributed by atoms with E-state index in [4.69, 9.17) is 62.6 Å². The highest BCUT2D eigenvalue weighted by atomic mass is 19.2. The maximum absolute atomic E-state index is 13.6. The molecular formula is C59H85F4N5O16. The van der Waals surface area contributed by atoms with Crippen molar-refractivity contribution in [1.29, 1.82) is 0 Å². The Balaban J connectivity index is 0.840. The number of fused-ring (bicyclic) bond motifs is 1. The second-order valence-electron chi connectivity index (χ2n) is 18.8.